The summed E-state index contributed by atoms with van der Waals surface area (Å²) in [6.07, 6.45) is 3.77. The van der Waals surface area contributed by atoms with Gasteiger partial charge in [-0.1, -0.05) is 23.9 Å². The molecule has 3 aromatic rings. The first-order chi connectivity index (χ1) is 14.5. The van der Waals surface area contributed by atoms with E-state index in [0.29, 0.717) is 41.1 Å². The number of aromatic nitrogens is 3. The standard InChI is InChI=1S/C20H21FN4O3S2/c21-17-6-2-1-5-16(17)19-22-23-20(25(19)14-7-8-14)29-13-15-9-10-18(28-15)30(26,27)24-11-3-4-12-24/h1-2,5-6,9-10,14H,3-4,7-8,11-13H2. The summed E-state index contributed by atoms with van der Waals surface area (Å²) in [7, 11) is -3.57. The summed E-state index contributed by atoms with van der Waals surface area (Å²) >= 11 is 1.41. The van der Waals surface area contributed by atoms with Crippen molar-refractivity contribution in [2.75, 3.05) is 13.1 Å². The predicted molar refractivity (Wildman–Crippen MR) is 110 cm³/mol. The van der Waals surface area contributed by atoms with Crippen molar-refractivity contribution in [3.05, 3.63) is 48.0 Å². The third-order valence-corrected chi connectivity index (χ3v) is 8.07. The van der Waals surface area contributed by atoms with Crippen LogP contribution in [0.1, 0.15) is 37.5 Å². The van der Waals surface area contributed by atoms with Gasteiger partial charge < -0.3 is 4.42 Å². The Bertz CT molecular complexity index is 1160. The zero-order chi connectivity index (χ0) is 20.7. The number of nitrogens with zero attached hydrogens (tertiary/aromatic N) is 4. The van der Waals surface area contributed by atoms with Crippen LogP contribution in [0.15, 0.2) is 51.1 Å². The second-order valence-electron chi connectivity index (χ2n) is 7.51. The zero-order valence-electron chi connectivity index (χ0n) is 16.2. The van der Waals surface area contributed by atoms with Crippen molar-refractivity contribution in [3.63, 3.8) is 0 Å². The summed E-state index contributed by atoms with van der Waals surface area (Å²) in [5.41, 5.74) is 0.431. The fourth-order valence-electron chi connectivity index (χ4n) is 3.63. The van der Waals surface area contributed by atoms with Crippen molar-refractivity contribution in [2.24, 2.45) is 0 Å². The van der Waals surface area contributed by atoms with Crippen molar-refractivity contribution >= 4 is 21.8 Å². The second kappa shape index (κ2) is 7.82. The Morgan fingerprint density at radius 2 is 1.87 bits per heavy atom. The molecule has 0 radical (unpaired) electrons. The van der Waals surface area contributed by atoms with Crippen LogP contribution in [-0.4, -0.2) is 40.6 Å². The lowest BCUT2D eigenvalue weighted by Crippen LogP contribution is -2.27. The van der Waals surface area contributed by atoms with Crippen molar-refractivity contribution in [2.45, 2.75) is 47.7 Å². The van der Waals surface area contributed by atoms with Gasteiger partial charge in [0, 0.05) is 19.1 Å². The summed E-state index contributed by atoms with van der Waals surface area (Å²) in [5, 5.41) is 9.17. The van der Waals surface area contributed by atoms with E-state index in [-0.39, 0.29) is 17.0 Å². The number of furan rings is 1. The average Bonchev–Trinajstić information content (AvgIpc) is 3.18. The lowest BCUT2D eigenvalue weighted by molar-refractivity contribution is 0.397. The SMILES string of the molecule is O=S(=O)(c1ccc(CSc2nnc(-c3ccccc3F)n2C2CC2)o1)N1CCCC1. The maximum Gasteiger partial charge on any atom is 0.276 e. The molecule has 3 heterocycles. The van der Waals surface area contributed by atoms with Gasteiger partial charge in [-0.25, -0.2) is 12.8 Å². The Hall–Kier alpha value is -2.17. The van der Waals surface area contributed by atoms with E-state index >= 15 is 0 Å². The lowest BCUT2D eigenvalue weighted by Gasteiger charge is -2.12. The molecule has 0 amide bonds. The molecule has 1 aliphatic heterocycles. The van der Waals surface area contributed by atoms with E-state index < -0.39 is 10.0 Å². The van der Waals surface area contributed by atoms with Gasteiger partial charge in [-0.15, -0.1) is 10.2 Å². The number of hydrogen-bond donors (Lipinski definition) is 0. The zero-order valence-corrected chi connectivity index (χ0v) is 17.8. The van der Waals surface area contributed by atoms with Gasteiger partial charge in [-0.2, -0.15) is 4.31 Å². The highest BCUT2D eigenvalue weighted by Crippen LogP contribution is 2.42. The molecule has 2 aromatic heterocycles. The molecule has 0 unspecified atom stereocenters. The van der Waals surface area contributed by atoms with Gasteiger partial charge in [0.2, 0.25) is 5.09 Å². The maximum absolute atomic E-state index is 14.3. The molecule has 2 fully saturated rings. The molecule has 2 aliphatic rings. The largest absolute Gasteiger partial charge is 0.447 e. The number of hydrogen-bond acceptors (Lipinski definition) is 6. The monoisotopic (exact) mass is 448 g/mol. The molecule has 5 rings (SSSR count). The van der Waals surface area contributed by atoms with E-state index in [4.69, 9.17) is 4.42 Å². The summed E-state index contributed by atoms with van der Waals surface area (Å²) in [4.78, 5) is 0. The molecule has 7 nitrogen and oxygen atoms in total. The van der Waals surface area contributed by atoms with Gasteiger partial charge >= 0.3 is 0 Å². The third-order valence-electron chi connectivity index (χ3n) is 5.33. The van der Waals surface area contributed by atoms with E-state index in [1.807, 2.05) is 4.57 Å². The molecular formula is C20H21FN4O3S2. The van der Waals surface area contributed by atoms with E-state index in [2.05, 4.69) is 10.2 Å². The quantitative estimate of drug-likeness (QED) is 0.507. The minimum Gasteiger partial charge on any atom is -0.447 e. The van der Waals surface area contributed by atoms with Crippen LogP contribution in [0.25, 0.3) is 11.4 Å². The second-order valence-corrected chi connectivity index (χ2v) is 10.3. The normalized spacial score (nSPS) is 17.6. The van der Waals surface area contributed by atoms with Crippen LogP contribution in [0.4, 0.5) is 4.39 Å². The summed E-state index contributed by atoms with van der Waals surface area (Å²) in [6.45, 7) is 1.08. The van der Waals surface area contributed by atoms with Crippen LogP contribution in [0.5, 0.6) is 0 Å². The highest BCUT2D eigenvalue weighted by Gasteiger charge is 2.32. The van der Waals surface area contributed by atoms with Gasteiger partial charge in [0.1, 0.15) is 11.6 Å². The highest BCUT2D eigenvalue weighted by atomic mass is 32.2. The molecule has 158 valence electrons. The Morgan fingerprint density at radius 1 is 1.10 bits per heavy atom. The molecule has 0 N–H and O–H groups in total. The van der Waals surface area contributed by atoms with Crippen LogP contribution in [0.3, 0.4) is 0 Å². The summed E-state index contributed by atoms with van der Waals surface area (Å²) in [5.74, 6) is 1.16. The molecule has 1 aliphatic carbocycles. The topological polar surface area (TPSA) is 81.2 Å². The third kappa shape index (κ3) is 3.67. The van der Waals surface area contributed by atoms with Crippen LogP contribution >= 0.6 is 11.8 Å². The Labute approximate surface area is 178 Å². The van der Waals surface area contributed by atoms with Crippen LogP contribution in [0, 0.1) is 5.82 Å². The summed E-state index contributed by atoms with van der Waals surface area (Å²) in [6, 6.07) is 10.0. The molecule has 1 aromatic carbocycles. The lowest BCUT2D eigenvalue weighted by atomic mass is 10.2. The molecule has 1 saturated heterocycles. The smallest absolute Gasteiger partial charge is 0.276 e. The van der Waals surface area contributed by atoms with Gasteiger partial charge in [-0.05, 0) is 49.9 Å². The molecule has 0 bridgehead atoms. The Balaban J connectivity index is 1.35. The van der Waals surface area contributed by atoms with E-state index in [1.165, 1.54) is 28.2 Å². The minimum absolute atomic E-state index is 0.0179. The number of thioether (sulfide) groups is 1. The predicted octanol–water partition coefficient (Wildman–Crippen LogP) is 4.09. The van der Waals surface area contributed by atoms with E-state index in [0.717, 1.165) is 25.7 Å². The molecule has 1 saturated carbocycles. The average molecular weight is 449 g/mol. The fraction of sp³-hybridized carbons (Fsp3) is 0.400. The number of benzene rings is 1. The maximum atomic E-state index is 14.3. The van der Waals surface area contributed by atoms with Crippen LogP contribution in [-0.2, 0) is 15.8 Å². The van der Waals surface area contributed by atoms with Crippen LogP contribution < -0.4 is 0 Å². The molecule has 10 heteroatoms. The first kappa shape index (κ1) is 19.8. The van der Waals surface area contributed by atoms with Crippen molar-refractivity contribution < 1.29 is 17.2 Å². The fourth-order valence-corrected chi connectivity index (χ4v) is 5.97. The van der Waals surface area contributed by atoms with Gasteiger partial charge in [0.05, 0.1) is 11.3 Å². The Morgan fingerprint density at radius 3 is 2.60 bits per heavy atom. The van der Waals surface area contributed by atoms with Crippen LogP contribution in [0.2, 0.25) is 0 Å². The van der Waals surface area contributed by atoms with E-state index in [9.17, 15) is 12.8 Å². The Kier molecular flexibility index (Phi) is 5.16. The molecule has 0 atom stereocenters. The molecule has 0 spiro atoms. The highest BCUT2D eigenvalue weighted by molar-refractivity contribution is 7.98. The van der Waals surface area contributed by atoms with Crippen molar-refractivity contribution in [1.82, 2.24) is 19.1 Å². The minimum atomic E-state index is -3.57. The summed E-state index contributed by atoms with van der Waals surface area (Å²) < 4.78 is 48.6. The molecular weight excluding hydrogens is 427 g/mol. The molecule has 30 heavy (non-hydrogen) atoms. The van der Waals surface area contributed by atoms with Gasteiger partial charge in [-0.3, -0.25) is 4.57 Å². The van der Waals surface area contributed by atoms with Gasteiger partial charge in [0.15, 0.2) is 11.0 Å². The van der Waals surface area contributed by atoms with E-state index in [1.54, 1.807) is 24.3 Å². The first-order valence-corrected chi connectivity index (χ1v) is 12.4. The number of halogens is 1. The van der Waals surface area contributed by atoms with Gasteiger partial charge in [0.25, 0.3) is 10.0 Å². The number of sulfonamides is 1. The van der Waals surface area contributed by atoms with Crippen molar-refractivity contribution in [3.8, 4) is 11.4 Å². The number of rotatable bonds is 7. The first-order valence-electron chi connectivity index (χ1n) is 9.95. The van der Waals surface area contributed by atoms with Crippen molar-refractivity contribution in [1.29, 1.82) is 0 Å².